The fourth-order valence-electron chi connectivity index (χ4n) is 1.97. The van der Waals surface area contributed by atoms with E-state index in [1.165, 1.54) is 12.8 Å². The van der Waals surface area contributed by atoms with Crippen molar-refractivity contribution in [1.29, 1.82) is 0 Å². The van der Waals surface area contributed by atoms with Gasteiger partial charge in [-0.3, -0.25) is 0 Å². The van der Waals surface area contributed by atoms with Crippen molar-refractivity contribution >= 4 is 11.6 Å². The third-order valence-electron chi connectivity index (χ3n) is 2.69. The van der Waals surface area contributed by atoms with E-state index in [-0.39, 0.29) is 6.04 Å². The Morgan fingerprint density at radius 2 is 2.21 bits per heavy atom. The highest BCUT2D eigenvalue weighted by Crippen LogP contribution is 2.34. The molecule has 1 aromatic rings. The molecule has 2 rings (SSSR count). The first-order chi connectivity index (χ1) is 6.79. The summed E-state index contributed by atoms with van der Waals surface area (Å²) in [4.78, 5) is 0. The van der Waals surface area contributed by atoms with Gasteiger partial charge in [-0.15, -0.1) is 0 Å². The average molecular weight is 212 g/mol. The Balaban J connectivity index is 2.29. The van der Waals surface area contributed by atoms with Gasteiger partial charge in [-0.1, -0.05) is 24.1 Å². The van der Waals surface area contributed by atoms with E-state index in [1.54, 1.807) is 12.1 Å². The van der Waals surface area contributed by atoms with Gasteiger partial charge in [-0.05, 0) is 31.5 Å². The van der Waals surface area contributed by atoms with Crippen LogP contribution in [0.4, 0.5) is 0 Å². The molecule has 0 amide bonds. The van der Waals surface area contributed by atoms with Crippen LogP contribution in [0.1, 0.15) is 30.9 Å². The van der Waals surface area contributed by atoms with Crippen molar-refractivity contribution < 1.29 is 5.11 Å². The molecule has 0 bridgehead atoms. The maximum atomic E-state index is 9.72. The maximum absolute atomic E-state index is 9.72. The summed E-state index contributed by atoms with van der Waals surface area (Å²) in [5.74, 6) is 0.303. The number of benzene rings is 1. The predicted octanol–water partition coefficient (Wildman–Crippen LogP) is 2.86. The van der Waals surface area contributed by atoms with Crippen molar-refractivity contribution in [1.82, 2.24) is 5.32 Å². The molecule has 1 aliphatic heterocycles. The minimum absolute atomic E-state index is 0.220. The molecule has 2 nitrogen and oxygen atoms in total. The SMILES string of the molecule is Oc1cccc(Cl)c1[C@@H]1CCCCN1. The molecule has 1 heterocycles. The number of aromatic hydroxyl groups is 1. The van der Waals surface area contributed by atoms with E-state index in [0.29, 0.717) is 10.8 Å². The molecule has 0 aromatic heterocycles. The van der Waals surface area contributed by atoms with Crippen LogP contribution in [0, 0.1) is 0 Å². The number of rotatable bonds is 1. The van der Waals surface area contributed by atoms with Crippen LogP contribution in [0.2, 0.25) is 5.02 Å². The van der Waals surface area contributed by atoms with Gasteiger partial charge in [0.15, 0.2) is 0 Å². The van der Waals surface area contributed by atoms with Gasteiger partial charge in [0.1, 0.15) is 5.75 Å². The molecule has 0 aliphatic carbocycles. The zero-order chi connectivity index (χ0) is 9.97. The van der Waals surface area contributed by atoms with Crippen LogP contribution in [0.5, 0.6) is 5.75 Å². The number of piperidine rings is 1. The van der Waals surface area contributed by atoms with Gasteiger partial charge in [0.25, 0.3) is 0 Å². The highest BCUT2D eigenvalue weighted by Gasteiger charge is 2.20. The third kappa shape index (κ3) is 1.86. The molecule has 1 aromatic carbocycles. The molecule has 0 saturated carbocycles. The van der Waals surface area contributed by atoms with E-state index in [4.69, 9.17) is 11.6 Å². The lowest BCUT2D eigenvalue weighted by Crippen LogP contribution is -2.27. The highest BCUT2D eigenvalue weighted by atomic mass is 35.5. The Hall–Kier alpha value is -0.730. The number of nitrogens with one attached hydrogen (secondary N) is 1. The quantitative estimate of drug-likeness (QED) is 0.749. The summed E-state index contributed by atoms with van der Waals surface area (Å²) in [5, 5.41) is 13.7. The minimum atomic E-state index is 0.220. The Labute approximate surface area is 88.9 Å². The van der Waals surface area contributed by atoms with Crippen LogP contribution in [0.3, 0.4) is 0 Å². The maximum Gasteiger partial charge on any atom is 0.121 e. The number of halogens is 1. The molecule has 76 valence electrons. The lowest BCUT2D eigenvalue weighted by molar-refractivity contribution is 0.391. The van der Waals surface area contributed by atoms with Crippen molar-refractivity contribution in [2.24, 2.45) is 0 Å². The first-order valence-corrected chi connectivity index (χ1v) is 5.37. The number of phenols is 1. The third-order valence-corrected chi connectivity index (χ3v) is 3.02. The van der Waals surface area contributed by atoms with E-state index in [9.17, 15) is 5.11 Å². The van der Waals surface area contributed by atoms with Gasteiger partial charge < -0.3 is 10.4 Å². The van der Waals surface area contributed by atoms with Crippen molar-refractivity contribution in [3.8, 4) is 5.75 Å². The van der Waals surface area contributed by atoms with Crippen molar-refractivity contribution in [3.63, 3.8) is 0 Å². The number of hydrogen-bond donors (Lipinski definition) is 2. The van der Waals surface area contributed by atoms with Crippen LogP contribution >= 0.6 is 11.6 Å². The topological polar surface area (TPSA) is 32.3 Å². The normalized spacial score (nSPS) is 22.2. The molecular formula is C11H14ClNO. The van der Waals surface area contributed by atoms with Gasteiger partial charge in [0.05, 0.1) is 0 Å². The lowest BCUT2D eigenvalue weighted by Gasteiger charge is -2.25. The van der Waals surface area contributed by atoms with E-state index < -0.39 is 0 Å². The molecule has 1 aliphatic rings. The fraction of sp³-hybridized carbons (Fsp3) is 0.455. The van der Waals surface area contributed by atoms with Gasteiger partial charge in [0, 0.05) is 16.6 Å². The van der Waals surface area contributed by atoms with E-state index in [0.717, 1.165) is 18.5 Å². The van der Waals surface area contributed by atoms with E-state index in [2.05, 4.69) is 5.32 Å². The Morgan fingerprint density at radius 3 is 2.86 bits per heavy atom. The van der Waals surface area contributed by atoms with Gasteiger partial charge in [-0.25, -0.2) is 0 Å². The molecule has 0 radical (unpaired) electrons. The fourth-order valence-corrected chi connectivity index (χ4v) is 2.27. The molecule has 3 heteroatoms. The van der Waals surface area contributed by atoms with Crippen LogP contribution < -0.4 is 5.32 Å². The van der Waals surface area contributed by atoms with Crippen molar-refractivity contribution in [2.75, 3.05) is 6.54 Å². The number of hydrogen-bond acceptors (Lipinski definition) is 2. The molecule has 1 fully saturated rings. The standard InChI is InChI=1S/C11H14ClNO/c12-8-4-3-6-10(14)11(8)9-5-1-2-7-13-9/h3-4,6,9,13-14H,1-2,5,7H2/t9-/m0/s1. The minimum Gasteiger partial charge on any atom is -0.508 e. The first kappa shape index (κ1) is 9.81. The lowest BCUT2D eigenvalue weighted by atomic mass is 9.97. The summed E-state index contributed by atoms with van der Waals surface area (Å²) in [7, 11) is 0. The number of phenolic OH excluding ortho intramolecular Hbond substituents is 1. The molecule has 0 spiro atoms. The summed E-state index contributed by atoms with van der Waals surface area (Å²) < 4.78 is 0. The summed E-state index contributed by atoms with van der Waals surface area (Å²) >= 11 is 6.06. The molecule has 0 unspecified atom stereocenters. The summed E-state index contributed by atoms with van der Waals surface area (Å²) in [6.07, 6.45) is 3.46. The van der Waals surface area contributed by atoms with Crippen LogP contribution in [0.15, 0.2) is 18.2 Å². The van der Waals surface area contributed by atoms with Gasteiger partial charge >= 0.3 is 0 Å². The highest BCUT2D eigenvalue weighted by molar-refractivity contribution is 6.31. The summed E-state index contributed by atoms with van der Waals surface area (Å²) in [6.45, 7) is 1.01. The molecule has 2 N–H and O–H groups in total. The molecule has 14 heavy (non-hydrogen) atoms. The first-order valence-electron chi connectivity index (χ1n) is 5.00. The van der Waals surface area contributed by atoms with Crippen LogP contribution in [-0.2, 0) is 0 Å². The average Bonchev–Trinajstić information content (AvgIpc) is 2.19. The second kappa shape index (κ2) is 4.20. The predicted molar refractivity (Wildman–Crippen MR) is 57.7 cm³/mol. The zero-order valence-electron chi connectivity index (χ0n) is 7.96. The van der Waals surface area contributed by atoms with Gasteiger partial charge in [0.2, 0.25) is 0 Å². The van der Waals surface area contributed by atoms with E-state index >= 15 is 0 Å². The van der Waals surface area contributed by atoms with Crippen molar-refractivity contribution in [2.45, 2.75) is 25.3 Å². The van der Waals surface area contributed by atoms with E-state index in [1.807, 2.05) is 6.07 Å². The Morgan fingerprint density at radius 1 is 1.36 bits per heavy atom. The van der Waals surface area contributed by atoms with Crippen LogP contribution in [0.25, 0.3) is 0 Å². The van der Waals surface area contributed by atoms with Crippen molar-refractivity contribution in [3.05, 3.63) is 28.8 Å². The monoisotopic (exact) mass is 211 g/mol. The second-order valence-corrected chi connectivity index (χ2v) is 4.08. The Bertz CT molecular complexity index is 301. The zero-order valence-corrected chi connectivity index (χ0v) is 8.72. The largest absolute Gasteiger partial charge is 0.508 e. The molecule has 1 saturated heterocycles. The van der Waals surface area contributed by atoms with Crippen LogP contribution in [-0.4, -0.2) is 11.7 Å². The molecular weight excluding hydrogens is 198 g/mol. The summed E-state index contributed by atoms with van der Waals surface area (Å²) in [6, 6.07) is 5.51. The molecule has 1 atom stereocenters. The summed E-state index contributed by atoms with van der Waals surface area (Å²) in [5.41, 5.74) is 0.855. The smallest absolute Gasteiger partial charge is 0.121 e. The van der Waals surface area contributed by atoms with Gasteiger partial charge in [-0.2, -0.15) is 0 Å². The Kier molecular flexibility index (Phi) is 2.94. The second-order valence-electron chi connectivity index (χ2n) is 3.68.